The molecule has 2 aromatic heterocycles. The summed E-state index contributed by atoms with van der Waals surface area (Å²) in [7, 11) is 0. The molecular weight excluding hydrogens is 268 g/mol. The van der Waals surface area contributed by atoms with Gasteiger partial charge in [0.05, 0.1) is 0 Å². The highest BCUT2D eigenvalue weighted by molar-refractivity contribution is 9.10. The lowest BCUT2D eigenvalue weighted by Crippen LogP contribution is -2.01. The number of aliphatic hydroxyl groups is 1. The molecule has 0 saturated carbocycles. The van der Waals surface area contributed by atoms with E-state index in [0.717, 1.165) is 21.2 Å². The largest absolute Gasteiger partial charge is 0.384 e. The number of pyridine rings is 2. The van der Waals surface area contributed by atoms with Gasteiger partial charge in [0.15, 0.2) is 0 Å². The highest BCUT2D eigenvalue weighted by Gasteiger charge is 2.11. The van der Waals surface area contributed by atoms with Gasteiger partial charge in [0, 0.05) is 40.4 Å². The van der Waals surface area contributed by atoms with Crippen LogP contribution in [0.4, 0.5) is 0 Å². The van der Waals surface area contributed by atoms with Crippen LogP contribution in [0.25, 0.3) is 0 Å². The maximum atomic E-state index is 10.1. The van der Waals surface area contributed by atoms with Crippen molar-refractivity contribution in [1.82, 2.24) is 9.97 Å². The van der Waals surface area contributed by atoms with E-state index in [-0.39, 0.29) is 0 Å². The maximum absolute atomic E-state index is 10.1. The summed E-state index contributed by atoms with van der Waals surface area (Å²) >= 11 is 3.33. The van der Waals surface area contributed by atoms with Crippen LogP contribution >= 0.6 is 15.9 Å². The third-order valence-corrected chi connectivity index (χ3v) is 2.69. The normalized spacial score (nSPS) is 12.4. The van der Waals surface area contributed by atoms with E-state index in [1.165, 1.54) is 0 Å². The second-order valence-corrected chi connectivity index (χ2v) is 4.55. The molecule has 2 aromatic rings. The second-order valence-electron chi connectivity index (χ2n) is 3.63. The molecule has 0 saturated heterocycles. The van der Waals surface area contributed by atoms with Gasteiger partial charge < -0.3 is 5.11 Å². The molecule has 0 amide bonds. The molecule has 16 heavy (non-hydrogen) atoms. The van der Waals surface area contributed by atoms with Crippen molar-refractivity contribution in [3.05, 3.63) is 58.1 Å². The fraction of sp³-hybridized carbons (Fsp3) is 0.167. The Balaban J connectivity index is 2.35. The van der Waals surface area contributed by atoms with Crippen LogP contribution in [0.3, 0.4) is 0 Å². The van der Waals surface area contributed by atoms with E-state index in [2.05, 4.69) is 25.9 Å². The van der Waals surface area contributed by atoms with Crippen LogP contribution in [0.1, 0.15) is 22.8 Å². The smallest absolute Gasteiger partial charge is 0.107 e. The first-order valence-electron chi connectivity index (χ1n) is 4.87. The third-order valence-electron chi connectivity index (χ3n) is 2.25. The van der Waals surface area contributed by atoms with E-state index in [1.54, 1.807) is 24.8 Å². The summed E-state index contributed by atoms with van der Waals surface area (Å²) in [4.78, 5) is 8.09. The van der Waals surface area contributed by atoms with E-state index in [4.69, 9.17) is 0 Å². The Morgan fingerprint density at radius 1 is 1.06 bits per heavy atom. The van der Waals surface area contributed by atoms with Crippen molar-refractivity contribution < 1.29 is 5.11 Å². The quantitative estimate of drug-likeness (QED) is 0.919. The van der Waals surface area contributed by atoms with Gasteiger partial charge in [-0.15, -0.1) is 0 Å². The number of hydrogen-bond donors (Lipinski definition) is 1. The molecular formula is C12H11BrN2O. The fourth-order valence-corrected chi connectivity index (χ4v) is 1.88. The highest BCUT2D eigenvalue weighted by Crippen LogP contribution is 2.23. The van der Waals surface area contributed by atoms with Gasteiger partial charge in [-0.2, -0.15) is 0 Å². The average molecular weight is 279 g/mol. The van der Waals surface area contributed by atoms with Crippen molar-refractivity contribution in [2.45, 2.75) is 13.0 Å². The van der Waals surface area contributed by atoms with E-state index >= 15 is 0 Å². The van der Waals surface area contributed by atoms with Crippen molar-refractivity contribution in [3.63, 3.8) is 0 Å². The first kappa shape index (κ1) is 11.2. The lowest BCUT2D eigenvalue weighted by atomic mass is 10.0. The van der Waals surface area contributed by atoms with Gasteiger partial charge in [0.2, 0.25) is 0 Å². The summed E-state index contributed by atoms with van der Waals surface area (Å²) < 4.78 is 0.852. The van der Waals surface area contributed by atoms with Crippen LogP contribution in [0.2, 0.25) is 0 Å². The number of aliphatic hydroxyl groups excluding tert-OH is 1. The van der Waals surface area contributed by atoms with E-state index in [0.29, 0.717) is 0 Å². The number of rotatable bonds is 2. The monoisotopic (exact) mass is 278 g/mol. The first-order chi connectivity index (χ1) is 7.66. The zero-order valence-electron chi connectivity index (χ0n) is 8.76. The lowest BCUT2D eigenvalue weighted by molar-refractivity contribution is 0.219. The van der Waals surface area contributed by atoms with Gasteiger partial charge in [0.25, 0.3) is 0 Å². The molecule has 0 aromatic carbocycles. The Kier molecular flexibility index (Phi) is 3.31. The summed E-state index contributed by atoms with van der Waals surface area (Å²) in [6.45, 7) is 1.95. The Bertz CT molecular complexity index is 456. The Morgan fingerprint density at radius 2 is 1.69 bits per heavy atom. The van der Waals surface area contributed by atoms with Crippen molar-refractivity contribution in [1.29, 1.82) is 0 Å². The number of nitrogens with zero attached hydrogens (tertiary/aromatic N) is 2. The predicted octanol–water partition coefficient (Wildman–Crippen LogP) is 2.63. The van der Waals surface area contributed by atoms with Gasteiger partial charge >= 0.3 is 0 Å². The van der Waals surface area contributed by atoms with Crippen LogP contribution in [0.15, 0.2) is 41.4 Å². The van der Waals surface area contributed by atoms with Gasteiger partial charge in [-0.25, -0.2) is 0 Å². The van der Waals surface area contributed by atoms with Crippen molar-refractivity contribution >= 4 is 15.9 Å². The van der Waals surface area contributed by atoms with E-state index < -0.39 is 6.10 Å². The molecule has 3 nitrogen and oxygen atoms in total. The molecule has 0 bridgehead atoms. The molecule has 4 heteroatoms. The first-order valence-corrected chi connectivity index (χ1v) is 5.66. The molecule has 1 N–H and O–H groups in total. The SMILES string of the molecule is Cc1cncc(C(O)c2cncc(Br)c2)c1. The highest BCUT2D eigenvalue weighted by atomic mass is 79.9. The molecule has 2 rings (SSSR count). The lowest BCUT2D eigenvalue weighted by Gasteiger charge is -2.11. The zero-order chi connectivity index (χ0) is 11.5. The molecule has 1 atom stereocenters. The van der Waals surface area contributed by atoms with Crippen molar-refractivity contribution in [2.24, 2.45) is 0 Å². The fourth-order valence-electron chi connectivity index (χ4n) is 1.50. The number of hydrogen-bond acceptors (Lipinski definition) is 3. The Hall–Kier alpha value is -1.26. The summed E-state index contributed by atoms with van der Waals surface area (Å²) in [5.41, 5.74) is 2.56. The Morgan fingerprint density at radius 3 is 2.31 bits per heavy atom. The van der Waals surface area contributed by atoms with Crippen LogP contribution in [0, 0.1) is 6.92 Å². The summed E-state index contributed by atoms with van der Waals surface area (Å²) in [6, 6.07) is 3.76. The average Bonchev–Trinajstić information content (AvgIpc) is 2.28. The second kappa shape index (κ2) is 4.72. The predicted molar refractivity (Wildman–Crippen MR) is 65.0 cm³/mol. The zero-order valence-corrected chi connectivity index (χ0v) is 10.3. The molecule has 0 radical (unpaired) electrons. The maximum Gasteiger partial charge on any atom is 0.107 e. The van der Waals surface area contributed by atoms with Crippen LogP contribution < -0.4 is 0 Å². The van der Waals surface area contributed by atoms with Crippen LogP contribution in [-0.4, -0.2) is 15.1 Å². The van der Waals surface area contributed by atoms with E-state index in [1.807, 2.05) is 19.1 Å². The Labute approximate surface area is 102 Å². The number of halogens is 1. The van der Waals surface area contributed by atoms with Crippen LogP contribution in [-0.2, 0) is 0 Å². The summed E-state index contributed by atoms with van der Waals surface area (Å²) in [6.07, 6.45) is 6.08. The van der Waals surface area contributed by atoms with Gasteiger partial charge in [-0.3, -0.25) is 9.97 Å². The molecule has 82 valence electrons. The summed E-state index contributed by atoms with van der Waals surface area (Å²) in [5.74, 6) is 0. The molecule has 2 heterocycles. The third kappa shape index (κ3) is 2.46. The minimum Gasteiger partial charge on any atom is -0.384 e. The summed E-state index contributed by atoms with van der Waals surface area (Å²) in [5, 5.41) is 10.1. The topological polar surface area (TPSA) is 46.0 Å². The molecule has 0 aliphatic heterocycles. The number of aromatic nitrogens is 2. The molecule has 0 aliphatic rings. The van der Waals surface area contributed by atoms with Gasteiger partial charge in [-0.05, 0) is 34.5 Å². The van der Waals surface area contributed by atoms with E-state index in [9.17, 15) is 5.11 Å². The van der Waals surface area contributed by atoms with Crippen molar-refractivity contribution in [3.8, 4) is 0 Å². The van der Waals surface area contributed by atoms with Crippen LogP contribution in [0.5, 0.6) is 0 Å². The molecule has 1 unspecified atom stereocenters. The standard InChI is InChI=1S/C12H11BrN2O/c1-8-2-9(5-14-4-8)12(16)10-3-11(13)7-15-6-10/h2-7,12,16H,1H3. The number of aryl methyl sites for hydroxylation is 1. The molecule has 0 fully saturated rings. The minimum absolute atomic E-state index is 0.683. The van der Waals surface area contributed by atoms with Gasteiger partial charge in [-0.1, -0.05) is 6.07 Å². The van der Waals surface area contributed by atoms with Gasteiger partial charge in [0.1, 0.15) is 6.10 Å². The van der Waals surface area contributed by atoms with Crippen molar-refractivity contribution in [2.75, 3.05) is 0 Å². The molecule has 0 aliphatic carbocycles. The molecule has 0 spiro atoms. The minimum atomic E-state index is -0.683.